The van der Waals surface area contributed by atoms with Gasteiger partial charge in [-0.05, 0) is 30.2 Å². The van der Waals surface area contributed by atoms with Gasteiger partial charge in [0.25, 0.3) is 0 Å². The van der Waals surface area contributed by atoms with Crippen LogP contribution >= 0.6 is 11.6 Å². The summed E-state index contributed by atoms with van der Waals surface area (Å²) < 4.78 is 13.8. The number of nitrogens with one attached hydrogen (secondary N) is 1. The maximum atomic E-state index is 13.8. The van der Waals surface area contributed by atoms with Crippen molar-refractivity contribution in [2.45, 2.75) is 18.6 Å². The second-order valence-corrected chi connectivity index (χ2v) is 5.16. The fourth-order valence-electron chi connectivity index (χ4n) is 2.48. The lowest BCUT2D eigenvalue weighted by molar-refractivity contribution is 0.152. The van der Waals surface area contributed by atoms with Gasteiger partial charge in [-0.15, -0.1) is 0 Å². The molecule has 0 fully saturated rings. The Hall–Kier alpha value is -1.58. The van der Waals surface area contributed by atoms with E-state index >= 15 is 0 Å². The lowest BCUT2D eigenvalue weighted by Gasteiger charge is -2.20. The molecule has 2 atom stereocenters. The minimum Gasteiger partial charge on any atom is -0.386 e. The Bertz CT molecular complexity index is 592. The summed E-state index contributed by atoms with van der Waals surface area (Å²) in [5, 5.41) is 13.9. The number of hydrogen-bond acceptors (Lipinski definition) is 2. The van der Waals surface area contributed by atoms with Crippen LogP contribution in [0, 0.1) is 5.82 Å². The van der Waals surface area contributed by atoms with Crippen LogP contribution in [-0.4, -0.2) is 11.1 Å². The largest absolute Gasteiger partial charge is 0.386 e. The Kier molecular flexibility index (Phi) is 3.17. The number of rotatable bonds is 2. The highest BCUT2D eigenvalue weighted by molar-refractivity contribution is 6.30. The highest BCUT2D eigenvalue weighted by Gasteiger charge is 2.29. The fraction of sp³-hybridized carbons (Fsp3) is 0.200. The predicted molar refractivity (Wildman–Crippen MR) is 73.9 cm³/mol. The summed E-state index contributed by atoms with van der Waals surface area (Å²) in [7, 11) is 0. The normalized spacial score (nSPS) is 18.8. The summed E-state index contributed by atoms with van der Waals surface area (Å²) in [6.45, 7) is 0. The molecule has 2 unspecified atom stereocenters. The van der Waals surface area contributed by atoms with Gasteiger partial charge >= 0.3 is 0 Å². The van der Waals surface area contributed by atoms with Crippen LogP contribution < -0.4 is 5.32 Å². The maximum Gasteiger partial charge on any atom is 0.130 e. The SMILES string of the molecule is OC(c1ccc(Cl)cc1F)C1Cc2ccccc2N1. The topological polar surface area (TPSA) is 32.3 Å². The first-order chi connectivity index (χ1) is 9.15. The zero-order valence-corrected chi connectivity index (χ0v) is 10.9. The van der Waals surface area contributed by atoms with Crippen LogP contribution in [0.5, 0.6) is 0 Å². The van der Waals surface area contributed by atoms with Crippen LogP contribution in [0.1, 0.15) is 17.2 Å². The van der Waals surface area contributed by atoms with E-state index in [0.717, 1.165) is 11.3 Å². The van der Waals surface area contributed by atoms with Gasteiger partial charge in [0.05, 0.1) is 6.04 Å². The first kappa shape index (κ1) is 12.5. The van der Waals surface area contributed by atoms with Gasteiger partial charge in [-0.1, -0.05) is 35.9 Å². The lowest BCUT2D eigenvalue weighted by atomic mass is 9.99. The van der Waals surface area contributed by atoms with E-state index in [1.807, 2.05) is 24.3 Å². The fourth-order valence-corrected chi connectivity index (χ4v) is 2.63. The molecular formula is C15H13ClFNO. The molecule has 2 aromatic rings. The third kappa shape index (κ3) is 2.31. The second-order valence-electron chi connectivity index (χ2n) is 4.72. The number of aliphatic hydroxyl groups excluding tert-OH is 1. The minimum absolute atomic E-state index is 0.215. The highest BCUT2D eigenvalue weighted by atomic mass is 35.5. The average molecular weight is 278 g/mol. The molecule has 4 heteroatoms. The van der Waals surface area contributed by atoms with Crippen molar-refractivity contribution in [2.24, 2.45) is 0 Å². The van der Waals surface area contributed by atoms with Gasteiger partial charge in [0.1, 0.15) is 11.9 Å². The van der Waals surface area contributed by atoms with Crippen LogP contribution in [0.3, 0.4) is 0 Å². The summed E-state index contributed by atoms with van der Waals surface area (Å²) in [5.74, 6) is -0.474. The monoisotopic (exact) mass is 277 g/mol. The van der Waals surface area contributed by atoms with Gasteiger partial charge in [-0.25, -0.2) is 4.39 Å². The molecule has 1 aliphatic heterocycles. The van der Waals surface area contributed by atoms with Gasteiger partial charge in [0, 0.05) is 16.3 Å². The molecule has 0 radical (unpaired) electrons. The van der Waals surface area contributed by atoms with Crippen molar-refractivity contribution in [1.82, 2.24) is 0 Å². The summed E-state index contributed by atoms with van der Waals surface area (Å²) in [4.78, 5) is 0. The molecule has 0 saturated carbocycles. The zero-order chi connectivity index (χ0) is 13.4. The van der Waals surface area contributed by atoms with Gasteiger partial charge in [0.15, 0.2) is 0 Å². The quantitative estimate of drug-likeness (QED) is 0.880. The number of hydrogen-bond donors (Lipinski definition) is 2. The van der Waals surface area contributed by atoms with Crippen LogP contribution in [0.4, 0.5) is 10.1 Å². The standard InChI is InChI=1S/C15H13ClFNO/c16-10-5-6-11(12(17)8-10)15(19)14-7-9-3-1-2-4-13(9)18-14/h1-6,8,14-15,18-19H,7H2. The maximum absolute atomic E-state index is 13.8. The number of aliphatic hydroxyl groups is 1. The van der Waals surface area contributed by atoms with Gasteiger partial charge in [0.2, 0.25) is 0 Å². The van der Waals surface area contributed by atoms with E-state index in [0.29, 0.717) is 11.4 Å². The van der Waals surface area contributed by atoms with Crippen LogP contribution in [-0.2, 0) is 6.42 Å². The number of para-hydroxylation sites is 1. The molecule has 19 heavy (non-hydrogen) atoms. The van der Waals surface area contributed by atoms with Crippen molar-refractivity contribution in [3.8, 4) is 0 Å². The lowest BCUT2D eigenvalue weighted by Crippen LogP contribution is -2.25. The van der Waals surface area contributed by atoms with Crippen LogP contribution in [0.25, 0.3) is 0 Å². The Morgan fingerprint density at radius 3 is 2.79 bits per heavy atom. The van der Waals surface area contributed by atoms with Crippen molar-refractivity contribution < 1.29 is 9.50 Å². The van der Waals surface area contributed by atoms with Crippen molar-refractivity contribution in [3.63, 3.8) is 0 Å². The molecule has 2 N–H and O–H groups in total. The molecule has 2 nitrogen and oxygen atoms in total. The zero-order valence-electron chi connectivity index (χ0n) is 10.1. The van der Waals surface area contributed by atoms with Crippen molar-refractivity contribution in [3.05, 3.63) is 64.4 Å². The van der Waals surface area contributed by atoms with Crippen molar-refractivity contribution in [1.29, 1.82) is 0 Å². The van der Waals surface area contributed by atoms with E-state index in [9.17, 15) is 9.50 Å². The molecule has 2 aromatic carbocycles. The number of anilines is 1. The molecule has 1 aliphatic rings. The van der Waals surface area contributed by atoms with E-state index in [2.05, 4.69) is 5.32 Å². The molecule has 1 heterocycles. The van der Waals surface area contributed by atoms with Gasteiger partial charge < -0.3 is 10.4 Å². The Morgan fingerprint density at radius 1 is 1.26 bits per heavy atom. The average Bonchev–Trinajstić information content (AvgIpc) is 2.81. The molecule has 0 saturated heterocycles. The number of fused-ring (bicyclic) bond motifs is 1. The van der Waals surface area contributed by atoms with Crippen LogP contribution in [0.15, 0.2) is 42.5 Å². The summed E-state index contributed by atoms with van der Waals surface area (Å²) in [5.41, 5.74) is 2.41. The molecule has 0 aromatic heterocycles. The van der Waals surface area contributed by atoms with E-state index in [-0.39, 0.29) is 11.6 Å². The first-order valence-electron chi connectivity index (χ1n) is 6.12. The number of benzene rings is 2. The second kappa shape index (κ2) is 4.83. The van der Waals surface area contributed by atoms with E-state index < -0.39 is 11.9 Å². The molecule has 0 spiro atoms. The van der Waals surface area contributed by atoms with Crippen LogP contribution in [0.2, 0.25) is 5.02 Å². The highest BCUT2D eigenvalue weighted by Crippen LogP contribution is 2.33. The van der Waals surface area contributed by atoms with Gasteiger partial charge in [-0.2, -0.15) is 0 Å². The predicted octanol–water partition coefficient (Wildman–Crippen LogP) is 3.55. The summed E-state index contributed by atoms with van der Waals surface area (Å²) in [6.07, 6.45) is -0.218. The van der Waals surface area contributed by atoms with E-state index in [1.165, 1.54) is 12.1 Å². The molecule has 0 amide bonds. The Labute approximate surface area is 115 Å². The third-order valence-electron chi connectivity index (χ3n) is 3.46. The molecule has 98 valence electrons. The molecular weight excluding hydrogens is 265 g/mol. The third-order valence-corrected chi connectivity index (χ3v) is 3.70. The molecule has 0 aliphatic carbocycles. The summed E-state index contributed by atoms with van der Waals surface area (Å²) in [6, 6.07) is 12.0. The Morgan fingerprint density at radius 2 is 2.05 bits per heavy atom. The van der Waals surface area contributed by atoms with E-state index in [4.69, 9.17) is 11.6 Å². The van der Waals surface area contributed by atoms with Crippen molar-refractivity contribution in [2.75, 3.05) is 5.32 Å². The smallest absolute Gasteiger partial charge is 0.130 e. The summed E-state index contributed by atoms with van der Waals surface area (Å²) >= 11 is 5.72. The minimum atomic E-state index is -0.898. The molecule has 3 rings (SSSR count). The Balaban J connectivity index is 1.85. The van der Waals surface area contributed by atoms with Gasteiger partial charge in [-0.3, -0.25) is 0 Å². The van der Waals surface area contributed by atoms with E-state index in [1.54, 1.807) is 6.07 Å². The molecule has 0 bridgehead atoms. The first-order valence-corrected chi connectivity index (χ1v) is 6.50. The number of halogens is 2. The van der Waals surface area contributed by atoms with Crippen molar-refractivity contribution >= 4 is 17.3 Å².